The molecular formula is C14H21N3O5S. The second kappa shape index (κ2) is 8.47. The van der Waals surface area contributed by atoms with Gasteiger partial charge in [0.25, 0.3) is 0 Å². The van der Waals surface area contributed by atoms with Gasteiger partial charge in [-0.15, -0.1) is 11.3 Å². The van der Waals surface area contributed by atoms with Crippen LogP contribution in [0.2, 0.25) is 0 Å². The van der Waals surface area contributed by atoms with E-state index in [0.29, 0.717) is 12.8 Å². The number of carbonyl (C=O) groups is 2. The van der Waals surface area contributed by atoms with Gasteiger partial charge in [0.1, 0.15) is 17.9 Å². The van der Waals surface area contributed by atoms with Gasteiger partial charge in [0.15, 0.2) is 5.13 Å². The quantitative estimate of drug-likeness (QED) is 0.320. The lowest BCUT2D eigenvalue weighted by atomic mass is 10.2. The molecule has 0 amide bonds. The van der Waals surface area contributed by atoms with Crippen molar-refractivity contribution in [1.29, 1.82) is 0 Å². The molecule has 0 spiro atoms. The zero-order valence-corrected chi connectivity index (χ0v) is 14.2. The first kappa shape index (κ1) is 18.9. The summed E-state index contributed by atoms with van der Waals surface area (Å²) >= 11 is 1.12. The molecule has 0 saturated carbocycles. The van der Waals surface area contributed by atoms with Crippen LogP contribution in [0, 0.1) is 0 Å². The summed E-state index contributed by atoms with van der Waals surface area (Å²) in [5.41, 5.74) is 4.82. The van der Waals surface area contributed by atoms with Crippen LogP contribution in [-0.4, -0.2) is 39.9 Å². The standard InChI is InChI=1S/C14H21N3O5S/c1-14(2,3)22-10(18)6-4-5-7-21-17-11(12(19)20)9-8-23-13(15)16-9/h8H,4-7H2,1-3H3,(H2,15,16)(H,19,20)/b17-11-. The van der Waals surface area contributed by atoms with Crippen LogP contribution in [0.3, 0.4) is 0 Å². The third-order valence-corrected chi connectivity index (χ3v) is 3.08. The highest BCUT2D eigenvalue weighted by Gasteiger charge is 2.17. The number of carboxylic acids is 1. The van der Waals surface area contributed by atoms with Crippen LogP contribution < -0.4 is 5.73 Å². The van der Waals surface area contributed by atoms with E-state index < -0.39 is 11.6 Å². The van der Waals surface area contributed by atoms with Crippen molar-refractivity contribution < 1.29 is 24.3 Å². The third-order valence-electron chi connectivity index (χ3n) is 2.41. The van der Waals surface area contributed by atoms with Crippen molar-refractivity contribution in [3.05, 3.63) is 11.1 Å². The first-order chi connectivity index (χ1) is 10.7. The Kier molecular flexibility index (Phi) is 6.95. The summed E-state index contributed by atoms with van der Waals surface area (Å²) in [6, 6.07) is 0. The van der Waals surface area contributed by atoms with Gasteiger partial charge >= 0.3 is 11.9 Å². The number of nitrogen functional groups attached to an aromatic ring is 1. The number of carboxylic acid groups (broad SMARTS) is 1. The molecule has 0 saturated heterocycles. The van der Waals surface area contributed by atoms with Crippen LogP contribution in [0.15, 0.2) is 10.5 Å². The van der Waals surface area contributed by atoms with E-state index in [1.807, 2.05) is 0 Å². The summed E-state index contributed by atoms with van der Waals surface area (Å²) in [5, 5.41) is 14.4. The van der Waals surface area contributed by atoms with E-state index >= 15 is 0 Å². The maximum absolute atomic E-state index is 11.5. The van der Waals surface area contributed by atoms with Gasteiger partial charge in [-0.2, -0.15) is 0 Å². The van der Waals surface area contributed by atoms with Crippen molar-refractivity contribution in [2.75, 3.05) is 12.3 Å². The smallest absolute Gasteiger partial charge is 0.360 e. The number of thiazole rings is 1. The topological polar surface area (TPSA) is 124 Å². The zero-order chi connectivity index (χ0) is 17.5. The minimum Gasteiger partial charge on any atom is -0.476 e. The zero-order valence-electron chi connectivity index (χ0n) is 13.4. The molecule has 0 atom stereocenters. The van der Waals surface area contributed by atoms with E-state index in [9.17, 15) is 9.59 Å². The number of ether oxygens (including phenoxy) is 1. The summed E-state index contributed by atoms with van der Waals surface area (Å²) in [5.74, 6) is -1.52. The average Bonchev–Trinajstić information content (AvgIpc) is 2.81. The largest absolute Gasteiger partial charge is 0.476 e. The number of rotatable bonds is 8. The molecular weight excluding hydrogens is 322 g/mol. The molecule has 0 fully saturated rings. The molecule has 0 aliphatic rings. The van der Waals surface area contributed by atoms with Crippen LogP contribution >= 0.6 is 11.3 Å². The highest BCUT2D eigenvalue weighted by atomic mass is 32.1. The van der Waals surface area contributed by atoms with E-state index in [1.165, 1.54) is 5.38 Å². The minimum atomic E-state index is -1.25. The van der Waals surface area contributed by atoms with Crippen molar-refractivity contribution in [3.63, 3.8) is 0 Å². The van der Waals surface area contributed by atoms with Crippen molar-refractivity contribution in [2.45, 2.75) is 45.6 Å². The second-order valence-corrected chi connectivity index (χ2v) is 6.58. The Morgan fingerprint density at radius 2 is 2.09 bits per heavy atom. The van der Waals surface area contributed by atoms with E-state index in [-0.39, 0.29) is 35.5 Å². The number of anilines is 1. The second-order valence-electron chi connectivity index (χ2n) is 5.69. The van der Waals surface area contributed by atoms with Crippen LogP contribution in [0.5, 0.6) is 0 Å². The Morgan fingerprint density at radius 1 is 1.39 bits per heavy atom. The number of esters is 1. The Labute approximate surface area is 138 Å². The monoisotopic (exact) mass is 343 g/mol. The number of oxime groups is 1. The van der Waals surface area contributed by atoms with Crippen LogP contribution in [0.25, 0.3) is 0 Å². The molecule has 1 aromatic rings. The SMILES string of the molecule is CC(C)(C)OC(=O)CCCCO/N=C(\C(=O)O)c1csc(N)n1. The average molecular weight is 343 g/mol. The fraction of sp³-hybridized carbons (Fsp3) is 0.571. The molecule has 0 aromatic carbocycles. The molecule has 1 heterocycles. The summed E-state index contributed by atoms with van der Waals surface area (Å²) in [4.78, 5) is 31.4. The van der Waals surface area contributed by atoms with Gasteiger partial charge in [0.05, 0.1) is 0 Å². The third kappa shape index (κ3) is 7.59. The Bertz CT molecular complexity index is 577. The molecule has 1 rings (SSSR count). The molecule has 0 aliphatic carbocycles. The van der Waals surface area contributed by atoms with Crippen LogP contribution in [0.4, 0.5) is 5.13 Å². The van der Waals surface area contributed by atoms with Gasteiger partial charge in [-0.25, -0.2) is 9.78 Å². The molecule has 0 bridgehead atoms. The summed E-state index contributed by atoms with van der Waals surface area (Å²) in [6.45, 7) is 5.61. The van der Waals surface area contributed by atoms with E-state index in [4.69, 9.17) is 20.4 Å². The van der Waals surface area contributed by atoms with E-state index in [2.05, 4.69) is 10.1 Å². The fourth-order valence-electron chi connectivity index (χ4n) is 1.53. The van der Waals surface area contributed by atoms with Crippen molar-refractivity contribution in [1.82, 2.24) is 4.98 Å². The predicted molar refractivity (Wildman–Crippen MR) is 86.3 cm³/mol. The lowest BCUT2D eigenvalue weighted by Crippen LogP contribution is -2.23. The number of hydrogen-bond acceptors (Lipinski definition) is 8. The highest BCUT2D eigenvalue weighted by Crippen LogP contribution is 2.13. The van der Waals surface area contributed by atoms with Crippen LogP contribution in [0.1, 0.15) is 45.7 Å². The maximum atomic E-state index is 11.5. The first-order valence-corrected chi connectivity index (χ1v) is 7.93. The lowest BCUT2D eigenvalue weighted by molar-refractivity contribution is -0.155. The predicted octanol–water partition coefficient (Wildman–Crippen LogP) is 2.04. The number of aliphatic carboxylic acids is 1. The van der Waals surface area contributed by atoms with Gasteiger partial charge in [0.2, 0.25) is 5.71 Å². The number of carbonyl (C=O) groups excluding carboxylic acids is 1. The Morgan fingerprint density at radius 3 is 2.61 bits per heavy atom. The number of nitrogens with two attached hydrogens (primary N) is 1. The number of unbranched alkanes of at least 4 members (excludes halogenated alkanes) is 1. The van der Waals surface area contributed by atoms with Crippen molar-refractivity contribution in [3.8, 4) is 0 Å². The fourth-order valence-corrected chi connectivity index (χ4v) is 2.08. The highest BCUT2D eigenvalue weighted by molar-refractivity contribution is 7.13. The number of aromatic nitrogens is 1. The molecule has 1 aromatic heterocycles. The van der Waals surface area contributed by atoms with Gasteiger partial charge < -0.3 is 20.4 Å². The summed E-state index contributed by atoms with van der Waals surface area (Å²) in [6.07, 6.45) is 1.39. The molecule has 0 aliphatic heterocycles. The van der Waals surface area contributed by atoms with Crippen molar-refractivity contribution in [2.24, 2.45) is 5.16 Å². The molecule has 0 radical (unpaired) electrons. The molecule has 9 heteroatoms. The Hall–Kier alpha value is -2.16. The summed E-state index contributed by atoms with van der Waals surface area (Å²) < 4.78 is 5.17. The number of nitrogens with zero attached hydrogens (tertiary/aromatic N) is 2. The van der Waals surface area contributed by atoms with Gasteiger partial charge in [0, 0.05) is 11.8 Å². The lowest BCUT2D eigenvalue weighted by Gasteiger charge is -2.19. The molecule has 8 nitrogen and oxygen atoms in total. The van der Waals surface area contributed by atoms with Gasteiger partial charge in [-0.1, -0.05) is 5.16 Å². The number of hydrogen-bond donors (Lipinski definition) is 2. The summed E-state index contributed by atoms with van der Waals surface area (Å²) in [7, 11) is 0. The molecule has 3 N–H and O–H groups in total. The van der Waals surface area contributed by atoms with Crippen molar-refractivity contribution >= 4 is 34.1 Å². The van der Waals surface area contributed by atoms with Gasteiger partial charge in [-0.05, 0) is 33.6 Å². The molecule has 0 unspecified atom stereocenters. The minimum absolute atomic E-state index is 0.161. The molecule has 128 valence electrons. The van der Waals surface area contributed by atoms with E-state index in [0.717, 1.165) is 11.3 Å². The van der Waals surface area contributed by atoms with E-state index in [1.54, 1.807) is 20.8 Å². The Balaban J connectivity index is 2.34. The molecule has 23 heavy (non-hydrogen) atoms. The van der Waals surface area contributed by atoms with Gasteiger partial charge in [-0.3, -0.25) is 4.79 Å². The maximum Gasteiger partial charge on any atom is 0.360 e. The van der Waals surface area contributed by atoms with Crippen LogP contribution in [-0.2, 0) is 19.2 Å². The normalized spacial score (nSPS) is 12.0. The first-order valence-electron chi connectivity index (χ1n) is 7.05.